The van der Waals surface area contributed by atoms with E-state index in [-0.39, 0.29) is 36.4 Å². The first-order valence-electron chi connectivity index (χ1n) is 9.30. The van der Waals surface area contributed by atoms with E-state index >= 15 is 0 Å². The Hall–Kier alpha value is -0.690. The fourth-order valence-corrected chi connectivity index (χ4v) is 2.74. The van der Waals surface area contributed by atoms with Crippen LogP contribution in [0, 0.1) is 11.8 Å². The summed E-state index contributed by atoms with van der Waals surface area (Å²) in [5.41, 5.74) is -0.475. The van der Waals surface area contributed by atoms with E-state index in [4.69, 9.17) is 14.2 Å². The molecule has 0 aromatic heterocycles. The Bertz CT molecular complexity index is 419. The third-order valence-electron chi connectivity index (χ3n) is 4.71. The summed E-state index contributed by atoms with van der Waals surface area (Å²) in [6.45, 7) is 13.2. The Morgan fingerprint density at radius 3 is 2.32 bits per heavy atom. The molecular formula is C19H36O6. The average Bonchev–Trinajstić information content (AvgIpc) is 2.47. The van der Waals surface area contributed by atoms with Crippen molar-refractivity contribution in [2.45, 2.75) is 104 Å². The van der Waals surface area contributed by atoms with Crippen LogP contribution in [0.4, 0.5) is 0 Å². The minimum atomic E-state index is -0.827. The van der Waals surface area contributed by atoms with Gasteiger partial charge >= 0.3 is 5.97 Å². The van der Waals surface area contributed by atoms with Crippen LogP contribution in [-0.4, -0.2) is 52.5 Å². The van der Waals surface area contributed by atoms with Crippen LogP contribution < -0.4 is 0 Å². The molecular weight excluding hydrogens is 324 g/mol. The lowest BCUT2D eigenvalue weighted by atomic mass is 9.90. The summed E-state index contributed by atoms with van der Waals surface area (Å²) in [6, 6.07) is 0. The topological polar surface area (TPSA) is 85.2 Å². The molecule has 1 fully saturated rings. The molecule has 6 heteroatoms. The van der Waals surface area contributed by atoms with Gasteiger partial charge in [0.25, 0.3) is 0 Å². The number of carbonyl (C=O) groups excluding carboxylic acids is 1. The van der Waals surface area contributed by atoms with Crippen molar-refractivity contribution in [2.75, 3.05) is 0 Å². The van der Waals surface area contributed by atoms with Crippen LogP contribution in [0.5, 0.6) is 0 Å². The Labute approximate surface area is 151 Å². The number of hydrogen-bond donors (Lipinski definition) is 2. The summed E-state index contributed by atoms with van der Waals surface area (Å²) in [5.74, 6) is -0.195. The summed E-state index contributed by atoms with van der Waals surface area (Å²) in [4.78, 5) is 12.1. The zero-order valence-corrected chi connectivity index (χ0v) is 16.7. The number of aliphatic hydroxyl groups excluding tert-OH is 2. The van der Waals surface area contributed by atoms with Gasteiger partial charge in [-0.25, -0.2) is 0 Å². The highest BCUT2D eigenvalue weighted by Gasteiger charge is 2.35. The first-order valence-corrected chi connectivity index (χ1v) is 9.30. The van der Waals surface area contributed by atoms with Crippen molar-refractivity contribution in [3.8, 4) is 0 Å². The van der Waals surface area contributed by atoms with Crippen LogP contribution in [0.3, 0.4) is 0 Å². The highest BCUT2D eigenvalue weighted by atomic mass is 16.7. The van der Waals surface area contributed by atoms with Crippen LogP contribution in [0.15, 0.2) is 0 Å². The number of ether oxygens (including phenoxy) is 3. The zero-order valence-electron chi connectivity index (χ0n) is 16.7. The lowest BCUT2D eigenvalue weighted by molar-refractivity contribution is -0.273. The molecule has 1 aliphatic heterocycles. The fourth-order valence-electron chi connectivity index (χ4n) is 2.74. The highest BCUT2D eigenvalue weighted by Crippen LogP contribution is 2.25. The summed E-state index contributed by atoms with van der Waals surface area (Å²) >= 11 is 0. The Balaban J connectivity index is 2.40. The van der Waals surface area contributed by atoms with Crippen molar-refractivity contribution < 1.29 is 29.2 Å². The molecule has 148 valence electrons. The molecule has 1 aliphatic rings. The van der Waals surface area contributed by atoms with Gasteiger partial charge in [0.2, 0.25) is 0 Å². The van der Waals surface area contributed by atoms with E-state index in [1.54, 1.807) is 6.92 Å². The molecule has 0 aromatic rings. The molecule has 0 radical (unpaired) electrons. The monoisotopic (exact) mass is 360 g/mol. The molecule has 7 atom stereocenters. The number of rotatable bonds is 7. The molecule has 25 heavy (non-hydrogen) atoms. The van der Waals surface area contributed by atoms with E-state index in [2.05, 4.69) is 0 Å². The van der Waals surface area contributed by atoms with Crippen molar-refractivity contribution in [1.29, 1.82) is 0 Å². The molecule has 0 spiro atoms. The molecule has 0 aliphatic carbocycles. The van der Waals surface area contributed by atoms with E-state index in [1.165, 1.54) is 0 Å². The van der Waals surface area contributed by atoms with Crippen LogP contribution >= 0.6 is 0 Å². The van der Waals surface area contributed by atoms with Gasteiger partial charge in [-0.05, 0) is 53.4 Å². The van der Waals surface area contributed by atoms with Gasteiger partial charge in [-0.2, -0.15) is 0 Å². The van der Waals surface area contributed by atoms with Crippen molar-refractivity contribution in [1.82, 2.24) is 0 Å². The zero-order chi connectivity index (χ0) is 19.4. The van der Waals surface area contributed by atoms with Gasteiger partial charge in [0.15, 0.2) is 6.29 Å². The number of aliphatic hydroxyl groups is 2. The Kier molecular flexibility index (Phi) is 8.32. The molecule has 1 unspecified atom stereocenters. The second-order valence-corrected chi connectivity index (χ2v) is 8.40. The van der Waals surface area contributed by atoms with E-state index in [9.17, 15) is 15.0 Å². The maximum atomic E-state index is 12.1. The molecule has 0 saturated carbocycles. The number of hydrogen-bond acceptors (Lipinski definition) is 6. The lowest BCUT2D eigenvalue weighted by Gasteiger charge is -2.36. The van der Waals surface area contributed by atoms with E-state index < -0.39 is 24.1 Å². The normalized spacial score (nSPS) is 31.2. The maximum Gasteiger partial charge on any atom is 0.309 e. The summed E-state index contributed by atoms with van der Waals surface area (Å²) in [6.07, 6.45) is -0.869. The fraction of sp³-hybridized carbons (Fsp3) is 0.947. The SMILES string of the molecule is CC(CC[C@@H](C)O[C@@H]1O[C@@H](C)[C@H](O)C[C@H]1O)[C@H](C)C(=O)OC(C)(C)C. The third-order valence-corrected chi connectivity index (χ3v) is 4.71. The molecule has 0 aromatic carbocycles. The van der Waals surface area contributed by atoms with E-state index in [0.717, 1.165) is 12.8 Å². The second-order valence-electron chi connectivity index (χ2n) is 8.40. The first-order chi connectivity index (χ1) is 11.4. The van der Waals surface area contributed by atoms with Gasteiger partial charge in [0.05, 0.1) is 24.2 Å². The van der Waals surface area contributed by atoms with Crippen molar-refractivity contribution >= 4 is 5.97 Å². The average molecular weight is 360 g/mol. The van der Waals surface area contributed by atoms with Crippen molar-refractivity contribution in [2.24, 2.45) is 11.8 Å². The number of carbonyl (C=O) groups is 1. The van der Waals surface area contributed by atoms with Crippen molar-refractivity contribution in [3.63, 3.8) is 0 Å². The second kappa shape index (κ2) is 9.31. The molecule has 1 heterocycles. The van der Waals surface area contributed by atoms with Crippen LogP contribution in [-0.2, 0) is 19.0 Å². The quantitative estimate of drug-likeness (QED) is 0.679. The summed E-state index contributed by atoms with van der Waals surface area (Å²) < 4.78 is 16.8. The minimum Gasteiger partial charge on any atom is -0.460 e. The molecule has 1 rings (SSSR count). The third kappa shape index (κ3) is 7.60. The molecule has 0 bridgehead atoms. The van der Waals surface area contributed by atoms with Crippen LogP contribution in [0.25, 0.3) is 0 Å². The van der Waals surface area contributed by atoms with Crippen LogP contribution in [0.2, 0.25) is 0 Å². The molecule has 6 nitrogen and oxygen atoms in total. The first kappa shape index (κ1) is 22.4. The van der Waals surface area contributed by atoms with Gasteiger partial charge in [0.1, 0.15) is 11.7 Å². The van der Waals surface area contributed by atoms with Gasteiger partial charge < -0.3 is 24.4 Å². The predicted molar refractivity (Wildman–Crippen MR) is 94.9 cm³/mol. The summed E-state index contributed by atoms with van der Waals surface area (Å²) in [7, 11) is 0. The largest absolute Gasteiger partial charge is 0.460 e. The summed E-state index contributed by atoms with van der Waals surface area (Å²) in [5, 5.41) is 19.7. The lowest BCUT2D eigenvalue weighted by Crippen LogP contribution is -2.48. The maximum absolute atomic E-state index is 12.1. The predicted octanol–water partition coefficient (Wildman–Crippen LogP) is 2.64. The van der Waals surface area contributed by atoms with Gasteiger partial charge in [-0.1, -0.05) is 13.8 Å². The Morgan fingerprint density at radius 1 is 1.16 bits per heavy atom. The van der Waals surface area contributed by atoms with Gasteiger partial charge in [-0.3, -0.25) is 4.79 Å². The molecule has 1 saturated heterocycles. The molecule has 0 amide bonds. The van der Waals surface area contributed by atoms with E-state index in [0.29, 0.717) is 0 Å². The highest BCUT2D eigenvalue weighted by molar-refractivity contribution is 5.72. The van der Waals surface area contributed by atoms with E-state index in [1.807, 2.05) is 41.5 Å². The van der Waals surface area contributed by atoms with Crippen molar-refractivity contribution in [3.05, 3.63) is 0 Å². The van der Waals surface area contributed by atoms with Gasteiger partial charge in [0, 0.05) is 6.42 Å². The molecule has 2 N–H and O–H groups in total. The Morgan fingerprint density at radius 2 is 1.76 bits per heavy atom. The standard InChI is InChI=1S/C19H36O6/c1-11(13(3)17(22)25-19(5,6)7)8-9-12(2)23-18-16(21)10-15(20)14(4)24-18/h11-16,18,20-21H,8-10H2,1-7H3/t11?,12-,13+,14+,15-,16-,18-/m1/s1. The minimum absolute atomic E-state index is 0.115. The van der Waals surface area contributed by atoms with Gasteiger partial charge in [-0.15, -0.1) is 0 Å². The number of esters is 1. The smallest absolute Gasteiger partial charge is 0.309 e. The van der Waals surface area contributed by atoms with Crippen LogP contribution in [0.1, 0.15) is 67.7 Å².